The fourth-order valence-electron chi connectivity index (χ4n) is 6.06. The van der Waals surface area contributed by atoms with Gasteiger partial charge in [0.25, 0.3) is 0 Å². The SMILES string of the molecule is [2H]c1c([2H])c([2H])c(-c2cccc(-c3c4ccccc4c(-c4cccc(-n5c(C([2H])([2H])[2H])nc6ccccc65)c4)c4ccccc34)c2)c([2H])c1[2H]. The maximum Gasteiger partial charge on any atom is 0.111 e. The quantitative estimate of drug-likeness (QED) is 0.202. The molecular formula is C40H28N2. The van der Waals surface area contributed by atoms with Crippen molar-refractivity contribution in [1.82, 2.24) is 9.55 Å². The Kier molecular flexibility index (Phi) is 4.08. The van der Waals surface area contributed by atoms with Gasteiger partial charge in [0, 0.05) is 9.80 Å². The summed E-state index contributed by atoms with van der Waals surface area (Å²) in [5.74, 6) is -0.0000834. The fourth-order valence-corrected chi connectivity index (χ4v) is 6.06. The summed E-state index contributed by atoms with van der Waals surface area (Å²) in [7, 11) is 0. The van der Waals surface area contributed by atoms with E-state index in [1.165, 1.54) is 0 Å². The lowest BCUT2D eigenvalue weighted by atomic mass is 9.85. The van der Waals surface area contributed by atoms with Gasteiger partial charge in [0.05, 0.1) is 17.9 Å². The average molecular weight is 545 g/mol. The molecule has 0 amide bonds. The summed E-state index contributed by atoms with van der Waals surface area (Å²) in [5.41, 5.74) is 6.38. The van der Waals surface area contributed by atoms with Crippen LogP contribution in [0.2, 0.25) is 0 Å². The van der Waals surface area contributed by atoms with Crippen molar-refractivity contribution in [1.29, 1.82) is 0 Å². The van der Waals surface area contributed by atoms with Gasteiger partial charge in [-0.15, -0.1) is 0 Å². The van der Waals surface area contributed by atoms with E-state index in [0.717, 1.165) is 43.8 Å². The summed E-state index contributed by atoms with van der Waals surface area (Å²) >= 11 is 0. The minimum atomic E-state index is -2.43. The number of aryl methyl sites for hydroxylation is 1. The van der Waals surface area contributed by atoms with E-state index in [0.29, 0.717) is 22.3 Å². The Morgan fingerprint density at radius 1 is 0.548 bits per heavy atom. The Morgan fingerprint density at radius 3 is 1.79 bits per heavy atom. The first-order valence-electron chi connectivity index (χ1n) is 17.7. The highest BCUT2D eigenvalue weighted by molar-refractivity contribution is 6.21. The Labute approximate surface area is 256 Å². The van der Waals surface area contributed by atoms with Crippen LogP contribution in [0, 0.1) is 6.85 Å². The summed E-state index contributed by atoms with van der Waals surface area (Å²) in [6.07, 6.45) is 0. The molecule has 0 spiro atoms. The number of para-hydroxylation sites is 2. The molecule has 2 nitrogen and oxygen atoms in total. The molecule has 8 aromatic rings. The second kappa shape index (κ2) is 9.87. The molecule has 0 unspecified atom stereocenters. The summed E-state index contributed by atoms with van der Waals surface area (Å²) in [5, 5.41) is 3.92. The number of hydrogen-bond acceptors (Lipinski definition) is 1. The fraction of sp³-hybridized carbons (Fsp3) is 0.0250. The minimum absolute atomic E-state index is 0.0000834. The molecule has 1 heterocycles. The van der Waals surface area contributed by atoms with Crippen LogP contribution >= 0.6 is 0 Å². The zero-order valence-electron chi connectivity index (χ0n) is 30.4. The zero-order chi connectivity index (χ0) is 34.9. The molecule has 0 bridgehead atoms. The number of aromatic nitrogens is 2. The molecular weight excluding hydrogens is 508 g/mol. The Balaban J connectivity index is 1.38. The highest BCUT2D eigenvalue weighted by Crippen LogP contribution is 2.44. The van der Waals surface area contributed by atoms with Crippen LogP contribution in [0.1, 0.15) is 16.8 Å². The summed E-state index contributed by atoms with van der Waals surface area (Å²) < 4.78 is 68.2. The zero-order valence-corrected chi connectivity index (χ0v) is 22.4. The molecule has 0 saturated heterocycles. The van der Waals surface area contributed by atoms with E-state index >= 15 is 0 Å². The number of fused-ring (bicyclic) bond motifs is 3. The van der Waals surface area contributed by atoms with Crippen molar-refractivity contribution in [3.63, 3.8) is 0 Å². The number of imidazole rings is 1. The van der Waals surface area contributed by atoms with Crippen LogP contribution in [0.5, 0.6) is 0 Å². The van der Waals surface area contributed by atoms with Gasteiger partial charge in [0.2, 0.25) is 0 Å². The summed E-state index contributed by atoms with van der Waals surface area (Å²) in [6.45, 7) is -2.43. The standard InChI is InChI=1S/C40H28N2/c1-27-41-37-23-9-10-24-38(37)42(27)32-18-12-17-31(26-32)40-35-21-7-5-19-33(35)39(34-20-6-8-22-36(34)40)30-16-11-15-29(25-30)28-13-3-2-4-14-28/h2-26H,1H3/i1D3,2D,3D,4D,13D,14D. The monoisotopic (exact) mass is 544 g/mol. The van der Waals surface area contributed by atoms with E-state index in [-0.39, 0.29) is 35.6 Å². The Bertz CT molecular complexity index is 2570. The van der Waals surface area contributed by atoms with Gasteiger partial charge in [-0.2, -0.15) is 0 Å². The number of benzene rings is 7. The van der Waals surface area contributed by atoms with Crippen LogP contribution in [0.15, 0.2) is 152 Å². The molecule has 0 aliphatic carbocycles. The molecule has 7 aromatic carbocycles. The van der Waals surface area contributed by atoms with Crippen molar-refractivity contribution < 1.29 is 11.0 Å². The Hall–Kier alpha value is -5.47. The third-order valence-corrected chi connectivity index (χ3v) is 7.83. The lowest BCUT2D eigenvalue weighted by Crippen LogP contribution is -1.97. The molecule has 42 heavy (non-hydrogen) atoms. The van der Waals surface area contributed by atoms with E-state index in [2.05, 4.69) is 29.2 Å². The third kappa shape index (κ3) is 3.92. The van der Waals surface area contributed by atoms with E-state index < -0.39 is 12.9 Å². The molecule has 8 rings (SSSR count). The van der Waals surface area contributed by atoms with Gasteiger partial charge < -0.3 is 0 Å². The van der Waals surface area contributed by atoms with Gasteiger partial charge in [0.1, 0.15) is 5.82 Å². The van der Waals surface area contributed by atoms with Crippen LogP contribution in [0.25, 0.3) is 71.6 Å². The van der Waals surface area contributed by atoms with Gasteiger partial charge in [-0.05, 0) is 92.1 Å². The van der Waals surface area contributed by atoms with Crippen molar-refractivity contribution in [2.75, 3.05) is 0 Å². The normalized spacial score (nSPS) is 14.5. The molecule has 0 fully saturated rings. The second-order valence-electron chi connectivity index (χ2n) is 10.2. The first-order valence-corrected chi connectivity index (χ1v) is 13.7. The Morgan fingerprint density at radius 2 is 1.12 bits per heavy atom. The highest BCUT2D eigenvalue weighted by Gasteiger charge is 2.18. The van der Waals surface area contributed by atoms with Crippen molar-refractivity contribution in [2.24, 2.45) is 0 Å². The first kappa shape index (κ1) is 17.4. The van der Waals surface area contributed by atoms with Gasteiger partial charge in [-0.25, -0.2) is 4.98 Å². The van der Waals surface area contributed by atoms with Gasteiger partial charge >= 0.3 is 0 Å². The van der Waals surface area contributed by atoms with Crippen molar-refractivity contribution in [3.8, 4) is 39.1 Å². The first-order chi connectivity index (χ1) is 24.0. The largest absolute Gasteiger partial charge is 0.297 e. The van der Waals surface area contributed by atoms with Gasteiger partial charge in [-0.3, -0.25) is 4.57 Å². The van der Waals surface area contributed by atoms with Gasteiger partial charge in [0.15, 0.2) is 0 Å². The average Bonchev–Trinajstić information content (AvgIpc) is 3.53. The number of nitrogens with zero attached hydrogens (tertiary/aromatic N) is 2. The van der Waals surface area contributed by atoms with Crippen LogP contribution in [0.4, 0.5) is 0 Å². The van der Waals surface area contributed by atoms with Crippen molar-refractivity contribution >= 4 is 32.6 Å². The summed E-state index contributed by atoms with van der Waals surface area (Å²) in [6, 6.07) is 37.4. The molecule has 0 aliphatic rings. The number of rotatable bonds is 4. The minimum Gasteiger partial charge on any atom is -0.297 e. The summed E-state index contributed by atoms with van der Waals surface area (Å²) in [4.78, 5) is 4.51. The molecule has 0 radical (unpaired) electrons. The van der Waals surface area contributed by atoms with Gasteiger partial charge in [-0.1, -0.05) is 121 Å². The van der Waals surface area contributed by atoms with Crippen LogP contribution < -0.4 is 0 Å². The predicted molar refractivity (Wildman–Crippen MR) is 177 cm³/mol. The molecule has 1 aromatic heterocycles. The van der Waals surface area contributed by atoms with E-state index in [9.17, 15) is 0 Å². The van der Waals surface area contributed by atoms with Crippen LogP contribution in [-0.4, -0.2) is 9.55 Å². The van der Waals surface area contributed by atoms with E-state index in [4.69, 9.17) is 11.0 Å². The number of hydrogen-bond donors (Lipinski definition) is 0. The molecule has 2 heteroatoms. The second-order valence-corrected chi connectivity index (χ2v) is 10.2. The van der Waals surface area contributed by atoms with E-state index in [1.54, 1.807) is 10.6 Å². The smallest absolute Gasteiger partial charge is 0.111 e. The van der Waals surface area contributed by atoms with E-state index in [1.807, 2.05) is 91.0 Å². The molecule has 0 saturated carbocycles. The molecule has 0 atom stereocenters. The lowest BCUT2D eigenvalue weighted by Gasteiger charge is -2.19. The van der Waals surface area contributed by atoms with Crippen molar-refractivity contribution in [2.45, 2.75) is 6.85 Å². The topological polar surface area (TPSA) is 17.8 Å². The van der Waals surface area contributed by atoms with Crippen LogP contribution in [-0.2, 0) is 0 Å². The van der Waals surface area contributed by atoms with Crippen molar-refractivity contribution in [3.05, 3.63) is 157 Å². The maximum atomic E-state index is 8.59. The lowest BCUT2D eigenvalue weighted by molar-refractivity contribution is 1.00. The maximum absolute atomic E-state index is 8.59. The molecule has 198 valence electrons. The third-order valence-electron chi connectivity index (χ3n) is 7.83. The predicted octanol–water partition coefficient (Wildman–Crippen LogP) is 10.6. The molecule has 0 aliphatic heterocycles. The highest BCUT2D eigenvalue weighted by atomic mass is 15.1. The van der Waals surface area contributed by atoms with Crippen LogP contribution in [0.3, 0.4) is 0 Å². The molecule has 0 N–H and O–H groups in total.